The predicted octanol–water partition coefficient (Wildman–Crippen LogP) is 3.98. The van der Waals surface area contributed by atoms with Gasteiger partial charge in [0.05, 0.1) is 24.7 Å². The molecule has 4 N–H and O–H groups in total. The molecule has 0 aromatic rings. The molecule has 0 saturated carbocycles. The summed E-state index contributed by atoms with van der Waals surface area (Å²) in [7, 11) is 0. The molecule has 0 spiro atoms. The van der Waals surface area contributed by atoms with Gasteiger partial charge in [-0.05, 0) is 50.5 Å². The minimum atomic E-state index is -1.41. The topological polar surface area (TPSA) is 158 Å². The van der Waals surface area contributed by atoms with Gasteiger partial charge in [0.25, 0.3) is 0 Å². The number of carbonyl (C=O) groups excluding carboxylic acids is 3. The molecule has 2 aliphatic heterocycles. The standard InChI is InChI=1S/C31H49NO9/c1-8-24(40-30(32)36)21(5)29-25(39-29)16-18(2)10-9-11-19(3)28-20(4)12-13-26(38-22(6)33)31(7,37)15-14-23(34)17-27(35)41-28/h8-10,12-13,18-21,23-26,28-29,34,37H,1,11,14-17H2,2-7H3,(H2,32,36)/b10-9+,13-12+. The van der Waals surface area contributed by atoms with Crippen molar-refractivity contribution in [1.82, 2.24) is 0 Å². The molecule has 10 heteroatoms. The number of hydrogen-bond acceptors (Lipinski definition) is 9. The zero-order chi connectivity index (χ0) is 30.9. The van der Waals surface area contributed by atoms with Gasteiger partial charge in [-0.2, -0.15) is 0 Å². The number of rotatable bonds is 11. The van der Waals surface area contributed by atoms with Crippen LogP contribution >= 0.6 is 0 Å². The molecule has 1 saturated heterocycles. The van der Waals surface area contributed by atoms with Crippen molar-refractivity contribution in [1.29, 1.82) is 0 Å². The quantitative estimate of drug-likeness (QED) is 0.142. The Labute approximate surface area is 243 Å². The molecule has 0 aromatic carbocycles. The Hall–Kier alpha value is -2.69. The third kappa shape index (κ3) is 11.2. The minimum Gasteiger partial charge on any atom is -0.461 e. The van der Waals surface area contributed by atoms with Crippen LogP contribution in [-0.4, -0.2) is 70.5 Å². The highest BCUT2D eigenvalue weighted by atomic mass is 16.6. The van der Waals surface area contributed by atoms with E-state index in [0.29, 0.717) is 6.42 Å². The Bertz CT molecular complexity index is 961. The van der Waals surface area contributed by atoms with Crippen LogP contribution in [0.5, 0.6) is 0 Å². The lowest BCUT2D eigenvalue weighted by Crippen LogP contribution is -2.42. The van der Waals surface area contributed by atoms with Gasteiger partial charge in [-0.15, -0.1) is 0 Å². The largest absolute Gasteiger partial charge is 0.461 e. The van der Waals surface area contributed by atoms with E-state index < -0.39 is 48.0 Å². The lowest BCUT2D eigenvalue weighted by atomic mass is 9.86. The van der Waals surface area contributed by atoms with Crippen molar-refractivity contribution in [2.45, 2.75) is 116 Å². The van der Waals surface area contributed by atoms with E-state index in [-0.39, 0.29) is 55.1 Å². The summed E-state index contributed by atoms with van der Waals surface area (Å²) in [5.74, 6) is -1.15. The van der Waals surface area contributed by atoms with Crippen LogP contribution in [0.2, 0.25) is 0 Å². The first-order valence-corrected chi connectivity index (χ1v) is 14.5. The maximum atomic E-state index is 12.7. The summed E-state index contributed by atoms with van der Waals surface area (Å²) in [6.45, 7) is 14.5. The molecular formula is C31H49NO9. The molecule has 0 aromatic heterocycles. The summed E-state index contributed by atoms with van der Waals surface area (Å²) in [5.41, 5.74) is 3.74. The first-order chi connectivity index (χ1) is 19.1. The van der Waals surface area contributed by atoms with E-state index in [1.54, 1.807) is 19.1 Å². The Balaban J connectivity index is 2.03. The summed E-state index contributed by atoms with van der Waals surface area (Å²) in [6.07, 6.45) is 7.04. The van der Waals surface area contributed by atoms with E-state index in [0.717, 1.165) is 6.42 Å². The number of primary amides is 1. The smallest absolute Gasteiger partial charge is 0.405 e. The Morgan fingerprint density at radius 2 is 1.95 bits per heavy atom. The second kappa shape index (κ2) is 15.5. The van der Waals surface area contributed by atoms with Gasteiger partial charge in [-0.3, -0.25) is 9.59 Å². The number of nitrogens with two attached hydrogens (primary N) is 1. The van der Waals surface area contributed by atoms with Crippen molar-refractivity contribution in [2.75, 3.05) is 0 Å². The number of amides is 1. The number of hydrogen-bond donors (Lipinski definition) is 3. The van der Waals surface area contributed by atoms with E-state index in [4.69, 9.17) is 24.7 Å². The monoisotopic (exact) mass is 579 g/mol. The number of epoxide rings is 1. The van der Waals surface area contributed by atoms with Gasteiger partial charge in [0.1, 0.15) is 23.9 Å². The lowest BCUT2D eigenvalue weighted by molar-refractivity contribution is -0.158. The van der Waals surface area contributed by atoms with Gasteiger partial charge in [-0.1, -0.05) is 58.6 Å². The number of aliphatic hydroxyl groups is 2. The second-order valence-electron chi connectivity index (χ2n) is 12.0. The fourth-order valence-electron chi connectivity index (χ4n) is 5.38. The van der Waals surface area contributed by atoms with Crippen molar-refractivity contribution in [2.24, 2.45) is 29.4 Å². The fraction of sp³-hybridized carbons (Fsp3) is 0.710. The van der Waals surface area contributed by atoms with E-state index >= 15 is 0 Å². The second-order valence-corrected chi connectivity index (χ2v) is 12.0. The highest BCUT2D eigenvalue weighted by Gasteiger charge is 2.46. The number of esters is 2. The highest BCUT2D eigenvalue weighted by molar-refractivity contribution is 5.70. The molecule has 0 aliphatic carbocycles. The molecular weight excluding hydrogens is 530 g/mol. The molecule has 0 radical (unpaired) electrons. The van der Waals surface area contributed by atoms with E-state index in [9.17, 15) is 24.6 Å². The number of allylic oxidation sites excluding steroid dienone is 2. The number of ether oxygens (including phenoxy) is 4. The number of aliphatic hydroxyl groups excluding tert-OH is 1. The molecule has 11 unspecified atom stereocenters. The van der Waals surface area contributed by atoms with Gasteiger partial charge in [0.15, 0.2) is 0 Å². The first kappa shape index (κ1) is 34.5. The normalized spacial score (nSPS) is 34.6. The molecule has 0 bridgehead atoms. The summed E-state index contributed by atoms with van der Waals surface area (Å²) in [5, 5.41) is 21.3. The molecule has 41 heavy (non-hydrogen) atoms. The number of cyclic esters (lactones) is 1. The minimum absolute atomic E-state index is 0.0395. The van der Waals surface area contributed by atoms with E-state index in [1.807, 2.05) is 26.8 Å². The average Bonchev–Trinajstić information content (AvgIpc) is 3.64. The van der Waals surface area contributed by atoms with Crippen LogP contribution in [0.3, 0.4) is 0 Å². The Morgan fingerprint density at radius 1 is 1.27 bits per heavy atom. The molecule has 2 heterocycles. The van der Waals surface area contributed by atoms with Crippen molar-refractivity contribution in [3.8, 4) is 0 Å². The van der Waals surface area contributed by atoms with Gasteiger partial charge in [0, 0.05) is 18.8 Å². The molecule has 232 valence electrons. The van der Waals surface area contributed by atoms with E-state index in [2.05, 4.69) is 25.7 Å². The molecule has 1 fully saturated rings. The summed E-state index contributed by atoms with van der Waals surface area (Å²) in [4.78, 5) is 35.5. The van der Waals surface area contributed by atoms with Crippen LogP contribution < -0.4 is 5.73 Å². The first-order valence-electron chi connectivity index (χ1n) is 14.5. The third-order valence-corrected chi connectivity index (χ3v) is 7.95. The fourth-order valence-corrected chi connectivity index (χ4v) is 5.38. The Kier molecular flexibility index (Phi) is 13.1. The van der Waals surface area contributed by atoms with Crippen molar-refractivity contribution in [3.05, 3.63) is 37.0 Å². The maximum absolute atomic E-state index is 12.7. The Morgan fingerprint density at radius 3 is 2.56 bits per heavy atom. The van der Waals surface area contributed by atoms with Crippen LogP contribution in [0.4, 0.5) is 4.79 Å². The molecule has 1 amide bonds. The molecule has 11 atom stereocenters. The van der Waals surface area contributed by atoms with Crippen LogP contribution in [0.15, 0.2) is 37.0 Å². The zero-order valence-electron chi connectivity index (χ0n) is 25.2. The third-order valence-electron chi connectivity index (χ3n) is 7.95. The van der Waals surface area contributed by atoms with Gasteiger partial charge in [0.2, 0.25) is 0 Å². The summed E-state index contributed by atoms with van der Waals surface area (Å²) >= 11 is 0. The van der Waals surface area contributed by atoms with Crippen LogP contribution in [0.25, 0.3) is 0 Å². The molecule has 2 aliphatic rings. The van der Waals surface area contributed by atoms with Crippen molar-refractivity contribution in [3.63, 3.8) is 0 Å². The van der Waals surface area contributed by atoms with Gasteiger partial charge in [-0.25, -0.2) is 4.79 Å². The SMILES string of the molecule is C=CC(OC(N)=O)C(C)C1OC1CC(C)/C=C/CC(C)C1OC(=O)CC(O)CCC(C)(O)C(OC(C)=O)/C=C/C1C. The van der Waals surface area contributed by atoms with Crippen LogP contribution in [-0.2, 0) is 28.5 Å². The van der Waals surface area contributed by atoms with Crippen LogP contribution in [0.1, 0.15) is 73.6 Å². The average molecular weight is 580 g/mol. The lowest BCUT2D eigenvalue weighted by Gasteiger charge is -2.33. The molecule has 2 rings (SSSR count). The summed E-state index contributed by atoms with van der Waals surface area (Å²) in [6, 6.07) is 0. The molecule has 10 nitrogen and oxygen atoms in total. The van der Waals surface area contributed by atoms with Gasteiger partial charge < -0.3 is 34.9 Å². The van der Waals surface area contributed by atoms with Crippen molar-refractivity contribution >= 4 is 18.0 Å². The van der Waals surface area contributed by atoms with Crippen molar-refractivity contribution < 1.29 is 43.5 Å². The van der Waals surface area contributed by atoms with Gasteiger partial charge >= 0.3 is 18.0 Å². The zero-order valence-corrected chi connectivity index (χ0v) is 25.2. The maximum Gasteiger partial charge on any atom is 0.405 e. The predicted molar refractivity (Wildman–Crippen MR) is 153 cm³/mol. The summed E-state index contributed by atoms with van der Waals surface area (Å²) < 4.78 is 22.2. The van der Waals surface area contributed by atoms with Crippen LogP contribution in [0, 0.1) is 23.7 Å². The highest BCUT2D eigenvalue weighted by Crippen LogP contribution is 2.37. The number of carbonyl (C=O) groups is 3. The van der Waals surface area contributed by atoms with E-state index in [1.165, 1.54) is 6.92 Å².